The van der Waals surface area contributed by atoms with Crippen LogP contribution in [0.4, 0.5) is 13.2 Å². The van der Waals surface area contributed by atoms with Crippen molar-refractivity contribution < 1.29 is 40.0 Å². The van der Waals surface area contributed by atoms with Crippen LogP contribution in [0.15, 0.2) is 0 Å². The maximum absolute atomic E-state index is 12.1. The van der Waals surface area contributed by atoms with Crippen LogP contribution in [-0.4, -0.2) is 51.4 Å². The molecule has 0 aliphatic carbocycles. The van der Waals surface area contributed by atoms with Crippen molar-refractivity contribution in [2.45, 2.75) is 123 Å². The second kappa shape index (κ2) is 12.1. The summed E-state index contributed by atoms with van der Waals surface area (Å²) in [5.41, 5.74) is -5.34. The normalized spacial score (nSPS) is 22.9. The van der Waals surface area contributed by atoms with Crippen LogP contribution in [0.1, 0.15) is 75.2 Å². The maximum Gasteiger partial charge on any atom is 0.522 e. The third-order valence-corrected chi connectivity index (χ3v) is 12.7. The molecule has 1 rings (SSSR count). The third kappa shape index (κ3) is 10.2. The van der Waals surface area contributed by atoms with Crippen molar-refractivity contribution in [3.05, 3.63) is 0 Å². The van der Waals surface area contributed by atoms with Crippen molar-refractivity contribution in [1.82, 2.24) is 0 Å². The van der Waals surface area contributed by atoms with Crippen LogP contribution in [0, 0.1) is 23.7 Å². The highest BCUT2D eigenvalue weighted by Crippen LogP contribution is 2.40. The highest BCUT2D eigenvalue weighted by molar-refractivity contribution is 7.88. The second-order valence-electron chi connectivity index (χ2n) is 10.9. The van der Waals surface area contributed by atoms with Gasteiger partial charge in [-0.05, 0) is 44.3 Å². The van der Waals surface area contributed by atoms with Crippen LogP contribution in [0.5, 0.6) is 0 Å². The largest absolute Gasteiger partial charge is 0.522 e. The molecule has 0 aromatic heterocycles. The molecule has 1 N–H and O–H groups in total. The van der Waals surface area contributed by atoms with Gasteiger partial charge in [-0.1, -0.05) is 66.7 Å². The van der Waals surface area contributed by atoms with Gasteiger partial charge in [-0.2, -0.15) is 21.6 Å². The number of alkyl halides is 3. The Balaban J connectivity index is 0.000000661. The lowest BCUT2D eigenvalue weighted by atomic mass is 9.97. The molecule has 0 aromatic carbocycles. The molecule has 1 heterocycles. The number of ether oxygens (including phenoxy) is 2. The van der Waals surface area contributed by atoms with Gasteiger partial charge in [-0.15, -0.1) is 0 Å². The number of hydrogen-bond acceptors (Lipinski definition) is 6. The van der Waals surface area contributed by atoms with Gasteiger partial charge in [0.25, 0.3) is 0 Å². The topological polar surface area (TPSA) is 82.1 Å². The first-order valence-electron chi connectivity index (χ1n) is 11.5. The lowest BCUT2D eigenvalue weighted by Gasteiger charge is -2.35. The Bertz CT molecular complexity index is 807. The summed E-state index contributed by atoms with van der Waals surface area (Å²) >= 11 is 0. The van der Waals surface area contributed by atoms with E-state index in [1.807, 2.05) is 13.8 Å². The van der Waals surface area contributed by atoms with Crippen LogP contribution in [-0.2, 0) is 23.5 Å². The molecule has 11 heteroatoms. The summed E-state index contributed by atoms with van der Waals surface area (Å²) in [6.45, 7) is 20.1. The van der Waals surface area contributed by atoms with Crippen molar-refractivity contribution in [1.29, 1.82) is 0 Å². The van der Waals surface area contributed by atoms with Gasteiger partial charge in [0.05, 0.1) is 6.10 Å². The third-order valence-electron chi connectivity index (χ3n) is 5.97. The van der Waals surface area contributed by atoms with Gasteiger partial charge in [0.15, 0.2) is 5.79 Å². The van der Waals surface area contributed by atoms with Gasteiger partial charge in [-0.25, -0.2) is 0 Å². The van der Waals surface area contributed by atoms with Crippen LogP contribution >= 0.6 is 0 Å². The number of aliphatic hydroxyl groups excluding tert-OH is 1. The average molecular weight is 533 g/mol. The Kier molecular flexibility index (Phi) is 11.8. The molecule has 0 saturated carbocycles. The molecular formula is C23H43F3O6SSi. The average Bonchev–Trinajstić information content (AvgIpc) is 2.91. The van der Waals surface area contributed by atoms with Crippen molar-refractivity contribution >= 4 is 18.4 Å². The van der Waals surface area contributed by atoms with Gasteiger partial charge in [0.1, 0.15) is 12.2 Å². The Morgan fingerprint density at radius 3 is 1.97 bits per heavy atom. The van der Waals surface area contributed by atoms with E-state index in [0.29, 0.717) is 5.92 Å². The fourth-order valence-corrected chi connectivity index (χ4v) is 6.12. The molecule has 1 aliphatic rings. The van der Waals surface area contributed by atoms with Crippen LogP contribution in [0.3, 0.4) is 0 Å². The van der Waals surface area contributed by atoms with Gasteiger partial charge >= 0.3 is 15.6 Å². The first-order chi connectivity index (χ1) is 15.0. The van der Waals surface area contributed by atoms with Crippen molar-refractivity contribution in [2.75, 3.05) is 0 Å². The number of aliphatic hydroxyl groups is 1. The fraction of sp³-hybridized carbons (Fsp3) is 0.913. The smallest absolute Gasteiger partial charge is 0.378 e. The highest BCUT2D eigenvalue weighted by atomic mass is 32.2. The summed E-state index contributed by atoms with van der Waals surface area (Å²) in [5, 5.41) is 9.64. The molecule has 0 radical (unpaired) electrons. The van der Waals surface area contributed by atoms with Gasteiger partial charge in [-0.3, -0.25) is 0 Å². The van der Waals surface area contributed by atoms with Crippen molar-refractivity contribution in [2.24, 2.45) is 11.8 Å². The molecular weight excluding hydrogens is 489 g/mol. The summed E-state index contributed by atoms with van der Waals surface area (Å²) in [6, 6.07) is 0. The number of halogens is 3. The molecule has 0 bridgehead atoms. The van der Waals surface area contributed by atoms with Crippen molar-refractivity contribution in [3.63, 3.8) is 0 Å². The molecule has 0 aromatic rings. The summed E-state index contributed by atoms with van der Waals surface area (Å²) in [7, 11) is -8.43. The predicted octanol–water partition coefficient (Wildman–Crippen LogP) is 5.82. The standard InChI is InChI=1S/C16H28O3.C7H15F3O3SSi/c1-7-8-14-15(19-16(5,6)18-14)13(17)10-9-12(4)11(2)3;1-6(2,3)15(4,5)13-14(11,12)7(8,9)10/h11-15,17H,7-8H2,1-6H3;1-5H3/t12-,13?,14+,15-;/m1./s1. The maximum atomic E-state index is 12.1. The van der Waals surface area contributed by atoms with Gasteiger partial charge in [0.2, 0.25) is 8.32 Å². The minimum Gasteiger partial charge on any atom is -0.378 e. The molecule has 1 fully saturated rings. The van der Waals surface area contributed by atoms with E-state index in [1.54, 1.807) is 20.8 Å². The zero-order valence-corrected chi connectivity index (χ0v) is 24.1. The molecule has 1 saturated heterocycles. The lowest BCUT2D eigenvalue weighted by molar-refractivity contribution is -0.152. The van der Waals surface area contributed by atoms with E-state index in [2.05, 4.69) is 43.4 Å². The van der Waals surface area contributed by atoms with E-state index in [1.165, 1.54) is 13.1 Å². The molecule has 0 amide bonds. The summed E-state index contributed by atoms with van der Waals surface area (Å²) in [4.78, 5) is 0. The summed E-state index contributed by atoms with van der Waals surface area (Å²) < 4.78 is 73.7. The van der Waals surface area contributed by atoms with E-state index in [9.17, 15) is 26.7 Å². The van der Waals surface area contributed by atoms with Gasteiger partial charge in [0, 0.05) is 5.92 Å². The van der Waals surface area contributed by atoms with E-state index in [4.69, 9.17) is 9.47 Å². The zero-order chi connectivity index (χ0) is 27.3. The Labute approximate surface area is 205 Å². The Hall–Kier alpha value is -0.643. The monoisotopic (exact) mass is 532 g/mol. The molecule has 34 heavy (non-hydrogen) atoms. The van der Waals surface area contributed by atoms with Crippen LogP contribution in [0.25, 0.3) is 0 Å². The molecule has 0 spiro atoms. The first kappa shape index (κ1) is 33.4. The molecule has 4 atom stereocenters. The quantitative estimate of drug-likeness (QED) is 0.264. The second-order valence-corrected chi connectivity index (χ2v) is 17.5. The molecule has 1 aliphatic heterocycles. The summed E-state index contributed by atoms with van der Waals surface area (Å²) in [5.74, 6) is 6.18. The van der Waals surface area contributed by atoms with Crippen molar-refractivity contribution in [3.8, 4) is 11.8 Å². The predicted molar refractivity (Wildman–Crippen MR) is 130 cm³/mol. The molecule has 1 unspecified atom stereocenters. The SMILES string of the molecule is CC(C)(C)[Si](C)(C)OS(=O)(=O)C(F)(F)F.CCC[C@@H]1OC(C)(C)O[C@@H]1C(O)C#C[C@@H](C)C(C)C. The minimum atomic E-state index is -5.48. The number of rotatable bonds is 6. The van der Waals surface area contributed by atoms with Gasteiger partial charge < -0.3 is 18.5 Å². The molecule has 6 nitrogen and oxygen atoms in total. The Morgan fingerprint density at radius 2 is 1.59 bits per heavy atom. The first-order valence-corrected chi connectivity index (χ1v) is 15.9. The fourth-order valence-electron chi connectivity index (χ4n) is 2.55. The highest BCUT2D eigenvalue weighted by Gasteiger charge is 2.53. The van der Waals surface area contributed by atoms with E-state index < -0.39 is 40.9 Å². The lowest BCUT2D eigenvalue weighted by Crippen LogP contribution is -2.45. The zero-order valence-electron chi connectivity index (χ0n) is 22.3. The van der Waals surface area contributed by atoms with E-state index in [0.717, 1.165) is 12.8 Å². The van der Waals surface area contributed by atoms with Crippen LogP contribution in [0.2, 0.25) is 18.1 Å². The van der Waals surface area contributed by atoms with E-state index in [-0.39, 0.29) is 18.1 Å². The Morgan fingerprint density at radius 1 is 1.09 bits per heavy atom. The minimum absolute atomic E-state index is 0.0707. The number of hydrogen-bond donors (Lipinski definition) is 1. The van der Waals surface area contributed by atoms with E-state index >= 15 is 0 Å². The summed E-state index contributed by atoms with van der Waals surface area (Å²) in [6.07, 6.45) is 0.690. The molecule has 202 valence electrons. The van der Waals surface area contributed by atoms with Crippen LogP contribution < -0.4 is 0 Å².